The van der Waals surface area contributed by atoms with Crippen molar-refractivity contribution in [3.63, 3.8) is 0 Å². The van der Waals surface area contributed by atoms with Crippen LogP contribution in [0.2, 0.25) is 0 Å². The molecule has 2 aromatic rings. The number of nitrogens with zero attached hydrogens (tertiary/aromatic N) is 3. The number of hydrogen-bond donors (Lipinski definition) is 3. The van der Waals surface area contributed by atoms with Gasteiger partial charge in [0, 0.05) is 0 Å². The van der Waals surface area contributed by atoms with Gasteiger partial charge in [0.15, 0.2) is 0 Å². The molecule has 2 aliphatic rings. The lowest BCUT2D eigenvalue weighted by Crippen LogP contribution is -2.58. The highest BCUT2D eigenvalue weighted by molar-refractivity contribution is 6.13. The van der Waals surface area contributed by atoms with Gasteiger partial charge in [0.1, 0.15) is 11.4 Å². The molecule has 4 rings (SSSR count). The number of aliphatic imine (C=N–C) groups is 2. The number of rotatable bonds is 4. The molecule has 1 aliphatic carbocycles. The lowest BCUT2D eigenvalue weighted by molar-refractivity contribution is 0.102. The largest absolute Gasteiger partial charge is 0.495 e. The van der Waals surface area contributed by atoms with E-state index in [0.717, 1.165) is 32.1 Å². The van der Waals surface area contributed by atoms with Crippen LogP contribution in [0.1, 0.15) is 42.5 Å². The van der Waals surface area contributed by atoms with Gasteiger partial charge < -0.3 is 21.5 Å². The number of nitrogens with two attached hydrogens (primary N) is 2. The summed E-state index contributed by atoms with van der Waals surface area (Å²) < 4.78 is 5.35. The summed E-state index contributed by atoms with van der Waals surface area (Å²) >= 11 is 0. The molecule has 2 aromatic carbocycles. The third-order valence-electron chi connectivity index (χ3n) is 5.60. The minimum absolute atomic E-state index is 0.182. The Balaban J connectivity index is 1.74. The monoisotopic (exact) mass is 406 g/mol. The van der Waals surface area contributed by atoms with E-state index >= 15 is 0 Å². The van der Waals surface area contributed by atoms with Crippen LogP contribution < -0.4 is 26.4 Å². The van der Waals surface area contributed by atoms with Gasteiger partial charge in [0.05, 0.1) is 24.0 Å². The van der Waals surface area contributed by atoms with Crippen LogP contribution in [-0.2, 0) is 0 Å². The first kappa shape index (κ1) is 19.8. The summed E-state index contributed by atoms with van der Waals surface area (Å²) in [6, 6.07) is 14.6. The van der Waals surface area contributed by atoms with E-state index in [1.54, 1.807) is 25.3 Å². The molecule has 0 atom stereocenters. The van der Waals surface area contributed by atoms with E-state index in [2.05, 4.69) is 10.3 Å². The number of carbonyl (C=O) groups is 1. The predicted molar refractivity (Wildman–Crippen MR) is 119 cm³/mol. The minimum Gasteiger partial charge on any atom is -0.495 e. The topological polar surface area (TPSA) is 118 Å². The Kier molecular flexibility index (Phi) is 5.31. The molecule has 0 aromatic heterocycles. The number of guanidine groups is 2. The molecule has 5 N–H and O–H groups in total. The summed E-state index contributed by atoms with van der Waals surface area (Å²) in [6.07, 6.45) is 4.75. The van der Waals surface area contributed by atoms with Gasteiger partial charge in [-0.05, 0) is 49.9 Å². The van der Waals surface area contributed by atoms with Crippen LogP contribution in [0.15, 0.2) is 58.5 Å². The third kappa shape index (κ3) is 3.56. The lowest BCUT2D eigenvalue weighted by Gasteiger charge is -2.46. The Morgan fingerprint density at radius 1 is 1.07 bits per heavy atom. The average molecular weight is 406 g/mol. The maximum Gasteiger partial charge on any atom is 0.257 e. The fourth-order valence-electron chi connectivity index (χ4n) is 4.27. The molecular formula is C22H26N6O2. The highest BCUT2D eigenvalue weighted by atomic mass is 16.5. The quantitative estimate of drug-likeness (QED) is 0.721. The second-order valence-corrected chi connectivity index (χ2v) is 7.49. The van der Waals surface area contributed by atoms with Crippen molar-refractivity contribution in [1.82, 2.24) is 0 Å². The summed E-state index contributed by atoms with van der Waals surface area (Å²) in [5, 5.41) is 2.94. The van der Waals surface area contributed by atoms with Gasteiger partial charge in [-0.25, -0.2) is 4.99 Å². The van der Waals surface area contributed by atoms with Crippen molar-refractivity contribution in [2.45, 2.75) is 37.8 Å². The average Bonchev–Trinajstić information content (AvgIpc) is 2.74. The molecule has 1 saturated carbocycles. The Morgan fingerprint density at radius 3 is 2.53 bits per heavy atom. The molecule has 0 saturated heterocycles. The normalized spacial score (nSPS) is 17.8. The van der Waals surface area contributed by atoms with Gasteiger partial charge in [0.25, 0.3) is 5.91 Å². The second-order valence-electron chi connectivity index (χ2n) is 7.49. The van der Waals surface area contributed by atoms with E-state index in [9.17, 15) is 4.79 Å². The Labute approximate surface area is 175 Å². The van der Waals surface area contributed by atoms with E-state index in [0.29, 0.717) is 22.7 Å². The molecule has 0 unspecified atom stereocenters. The van der Waals surface area contributed by atoms with Crippen molar-refractivity contribution in [3.05, 3.63) is 54.1 Å². The van der Waals surface area contributed by atoms with Crippen molar-refractivity contribution >= 4 is 29.2 Å². The van der Waals surface area contributed by atoms with Crippen molar-refractivity contribution < 1.29 is 9.53 Å². The molecular weight excluding hydrogens is 380 g/mol. The first-order chi connectivity index (χ1) is 14.5. The minimum atomic E-state index is -0.616. The van der Waals surface area contributed by atoms with Gasteiger partial charge in [-0.3, -0.25) is 9.69 Å². The molecule has 1 heterocycles. The SMILES string of the molecule is COc1ccccc1NC(=O)c1ccccc1N1C(N)=NC(N)=NC12CCCCC2. The maximum absolute atomic E-state index is 13.3. The molecule has 30 heavy (non-hydrogen) atoms. The fraction of sp³-hybridized carbons (Fsp3) is 0.318. The van der Waals surface area contributed by atoms with Gasteiger partial charge >= 0.3 is 0 Å². The second kappa shape index (κ2) is 8.06. The van der Waals surface area contributed by atoms with Gasteiger partial charge in [0.2, 0.25) is 11.9 Å². The number of carbonyl (C=O) groups excluding carboxylic acids is 1. The van der Waals surface area contributed by atoms with Gasteiger partial charge in [-0.2, -0.15) is 4.99 Å². The van der Waals surface area contributed by atoms with E-state index in [1.807, 2.05) is 35.2 Å². The highest BCUT2D eigenvalue weighted by Gasteiger charge is 2.43. The van der Waals surface area contributed by atoms with Crippen LogP contribution in [0, 0.1) is 0 Å². The first-order valence-corrected chi connectivity index (χ1v) is 10.1. The van der Waals surface area contributed by atoms with Crippen molar-refractivity contribution in [2.24, 2.45) is 21.5 Å². The zero-order chi connectivity index (χ0) is 21.1. The van der Waals surface area contributed by atoms with Crippen molar-refractivity contribution in [3.8, 4) is 5.75 Å². The number of ether oxygens (including phenoxy) is 1. The lowest BCUT2D eigenvalue weighted by atomic mass is 9.87. The summed E-state index contributed by atoms with van der Waals surface area (Å²) in [5.74, 6) is 0.753. The van der Waals surface area contributed by atoms with Gasteiger partial charge in [-0.15, -0.1) is 0 Å². The summed E-state index contributed by atoms with van der Waals surface area (Å²) in [5.41, 5.74) is 13.4. The molecule has 1 amide bonds. The summed E-state index contributed by atoms with van der Waals surface area (Å²) in [4.78, 5) is 24.0. The van der Waals surface area contributed by atoms with Gasteiger partial charge in [-0.1, -0.05) is 30.7 Å². The van der Waals surface area contributed by atoms with E-state index in [1.165, 1.54) is 0 Å². The number of methoxy groups -OCH3 is 1. The Bertz CT molecular complexity index is 1010. The van der Waals surface area contributed by atoms with Crippen LogP contribution in [0.5, 0.6) is 5.75 Å². The van der Waals surface area contributed by atoms with E-state index in [4.69, 9.17) is 21.2 Å². The fourth-order valence-corrected chi connectivity index (χ4v) is 4.27. The predicted octanol–water partition coefficient (Wildman–Crippen LogP) is 3.06. The zero-order valence-corrected chi connectivity index (χ0v) is 17.0. The van der Waals surface area contributed by atoms with Crippen molar-refractivity contribution in [2.75, 3.05) is 17.3 Å². The smallest absolute Gasteiger partial charge is 0.257 e. The standard InChI is InChI=1S/C22H26N6O2/c1-30-18-12-6-4-10-16(18)25-19(29)15-9-3-5-11-17(15)28-21(24)26-20(23)27-22(28)13-7-2-8-14-22/h3-6,9-12H,2,7-8,13-14H2,1H3,(H,25,29)(H4,23,24,26,27). The Morgan fingerprint density at radius 2 is 1.77 bits per heavy atom. The zero-order valence-electron chi connectivity index (χ0n) is 17.0. The molecule has 1 aliphatic heterocycles. The molecule has 156 valence electrons. The number of anilines is 2. The molecule has 8 heteroatoms. The maximum atomic E-state index is 13.3. The molecule has 1 fully saturated rings. The molecule has 0 bridgehead atoms. The number of nitrogens with one attached hydrogen (secondary N) is 1. The van der Waals surface area contributed by atoms with Crippen LogP contribution in [-0.4, -0.2) is 30.6 Å². The number of benzene rings is 2. The number of amides is 1. The highest BCUT2D eigenvalue weighted by Crippen LogP contribution is 2.40. The van der Waals surface area contributed by atoms with Crippen LogP contribution >= 0.6 is 0 Å². The van der Waals surface area contributed by atoms with E-state index < -0.39 is 5.66 Å². The third-order valence-corrected chi connectivity index (χ3v) is 5.60. The number of para-hydroxylation sites is 3. The summed E-state index contributed by atoms with van der Waals surface area (Å²) in [6.45, 7) is 0. The van der Waals surface area contributed by atoms with E-state index in [-0.39, 0.29) is 17.8 Å². The van der Waals surface area contributed by atoms with Crippen LogP contribution in [0.3, 0.4) is 0 Å². The summed E-state index contributed by atoms with van der Waals surface area (Å²) in [7, 11) is 1.57. The van der Waals surface area contributed by atoms with Crippen LogP contribution in [0.25, 0.3) is 0 Å². The van der Waals surface area contributed by atoms with Crippen molar-refractivity contribution in [1.29, 1.82) is 0 Å². The Hall–Kier alpha value is -3.55. The molecule has 1 spiro atoms. The van der Waals surface area contributed by atoms with Crippen LogP contribution in [0.4, 0.5) is 11.4 Å². The molecule has 8 nitrogen and oxygen atoms in total. The molecule has 0 radical (unpaired) electrons. The first-order valence-electron chi connectivity index (χ1n) is 10.1. The number of hydrogen-bond acceptors (Lipinski definition) is 7.